The van der Waals surface area contributed by atoms with Crippen molar-refractivity contribution in [2.24, 2.45) is 5.92 Å². The SMILES string of the molecule is COc1ccccc1C(=O)NC(CO)CC(C)C. The summed E-state index contributed by atoms with van der Waals surface area (Å²) in [7, 11) is 1.53. The van der Waals surface area contributed by atoms with Gasteiger partial charge in [0.2, 0.25) is 0 Å². The van der Waals surface area contributed by atoms with Crippen molar-refractivity contribution in [3.63, 3.8) is 0 Å². The van der Waals surface area contributed by atoms with Gasteiger partial charge in [-0.2, -0.15) is 0 Å². The summed E-state index contributed by atoms with van der Waals surface area (Å²) in [5.74, 6) is 0.739. The number of amides is 1. The van der Waals surface area contributed by atoms with Crippen molar-refractivity contribution in [1.82, 2.24) is 5.32 Å². The Labute approximate surface area is 108 Å². The maximum Gasteiger partial charge on any atom is 0.255 e. The summed E-state index contributed by atoms with van der Waals surface area (Å²) in [4.78, 5) is 12.1. The van der Waals surface area contributed by atoms with Gasteiger partial charge in [-0.3, -0.25) is 4.79 Å². The third kappa shape index (κ3) is 4.04. The molecule has 0 fully saturated rings. The Bertz CT molecular complexity index is 390. The predicted octanol–water partition coefficient (Wildman–Crippen LogP) is 1.83. The highest BCUT2D eigenvalue weighted by molar-refractivity contribution is 5.97. The van der Waals surface area contributed by atoms with Gasteiger partial charge in [-0.15, -0.1) is 0 Å². The summed E-state index contributed by atoms with van der Waals surface area (Å²) in [6.07, 6.45) is 0.747. The van der Waals surface area contributed by atoms with E-state index in [-0.39, 0.29) is 18.6 Å². The molecule has 1 amide bonds. The number of hydrogen-bond acceptors (Lipinski definition) is 3. The topological polar surface area (TPSA) is 58.6 Å². The normalized spacial score (nSPS) is 12.3. The molecule has 2 N–H and O–H groups in total. The van der Waals surface area contributed by atoms with Gasteiger partial charge >= 0.3 is 0 Å². The van der Waals surface area contributed by atoms with Gasteiger partial charge in [0.1, 0.15) is 5.75 Å². The van der Waals surface area contributed by atoms with Crippen LogP contribution in [0.3, 0.4) is 0 Å². The summed E-state index contributed by atoms with van der Waals surface area (Å²) in [5, 5.41) is 12.1. The molecule has 0 aliphatic carbocycles. The molecule has 0 heterocycles. The zero-order valence-corrected chi connectivity index (χ0v) is 11.1. The van der Waals surface area contributed by atoms with E-state index in [1.165, 1.54) is 7.11 Å². The minimum atomic E-state index is -0.220. The molecule has 100 valence electrons. The van der Waals surface area contributed by atoms with Crippen LogP contribution < -0.4 is 10.1 Å². The fourth-order valence-corrected chi connectivity index (χ4v) is 1.84. The van der Waals surface area contributed by atoms with Gasteiger partial charge in [-0.05, 0) is 24.5 Å². The summed E-state index contributed by atoms with van der Waals surface area (Å²) in [6.45, 7) is 4.05. The summed E-state index contributed by atoms with van der Waals surface area (Å²) < 4.78 is 5.14. The van der Waals surface area contributed by atoms with E-state index in [4.69, 9.17) is 4.74 Å². The number of carbonyl (C=O) groups excluding carboxylic acids is 1. The zero-order valence-electron chi connectivity index (χ0n) is 11.1. The van der Waals surface area contributed by atoms with Crippen LogP contribution in [0.1, 0.15) is 30.6 Å². The number of methoxy groups -OCH3 is 1. The third-order valence-electron chi connectivity index (χ3n) is 2.66. The first-order valence-electron chi connectivity index (χ1n) is 6.13. The van der Waals surface area contributed by atoms with Gasteiger partial charge in [0, 0.05) is 0 Å². The van der Waals surface area contributed by atoms with Gasteiger partial charge in [0.15, 0.2) is 0 Å². The molecule has 1 aromatic carbocycles. The predicted molar refractivity (Wildman–Crippen MR) is 70.8 cm³/mol. The maximum absolute atomic E-state index is 12.1. The van der Waals surface area contributed by atoms with E-state index >= 15 is 0 Å². The number of nitrogens with one attached hydrogen (secondary N) is 1. The Morgan fingerprint density at radius 1 is 1.39 bits per heavy atom. The van der Waals surface area contributed by atoms with E-state index in [1.54, 1.807) is 18.2 Å². The molecule has 0 spiro atoms. The van der Waals surface area contributed by atoms with Crippen LogP contribution in [0.4, 0.5) is 0 Å². The first kappa shape index (κ1) is 14.5. The second-order valence-electron chi connectivity index (χ2n) is 4.68. The minimum absolute atomic E-state index is 0.0565. The smallest absolute Gasteiger partial charge is 0.255 e. The monoisotopic (exact) mass is 251 g/mol. The lowest BCUT2D eigenvalue weighted by atomic mass is 10.0. The van der Waals surface area contributed by atoms with E-state index in [9.17, 15) is 9.90 Å². The Morgan fingerprint density at radius 2 is 2.06 bits per heavy atom. The molecular weight excluding hydrogens is 230 g/mol. The van der Waals surface area contributed by atoms with E-state index in [0.29, 0.717) is 17.2 Å². The maximum atomic E-state index is 12.1. The Hall–Kier alpha value is -1.55. The average molecular weight is 251 g/mol. The molecule has 0 aromatic heterocycles. The molecule has 1 atom stereocenters. The number of para-hydroxylation sites is 1. The standard InChI is InChI=1S/C14H21NO3/c1-10(2)8-11(9-16)15-14(17)12-6-4-5-7-13(12)18-3/h4-7,10-11,16H,8-9H2,1-3H3,(H,15,17). The van der Waals surface area contributed by atoms with Crippen molar-refractivity contribution in [2.75, 3.05) is 13.7 Å². The summed E-state index contributed by atoms with van der Waals surface area (Å²) in [5.41, 5.74) is 0.488. The van der Waals surface area contributed by atoms with Crippen molar-refractivity contribution >= 4 is 5.91 Å². The lowest BCUT2D eigenvalue weighted by Crippen LogP contribution is -2.38. The molecule has 18 heavy (non-hydrogen) atoms. The van der Waals surface area contributed by atoms with Gasteiger partial charge in [0.05, 0.1) is 25.3 Å². The van der Waals surface area contributed by atoms with Crippen LogP contribution in [0, 0.1) is 5.92 Å². The molecule has 4 heteroatoms. The van der Waals surface area contributed by atoms with Crippen LogP contribution >= 0.6 is 0 Å². The third-order valence-corrected chi connectivity index (χ3v) is 2.66. The highest BCUT2D eigenvalue weighted by Gasteiger charge is 2.16. The van der Waals surface area contributed by atoms with Gasteiger partial charge in [-0.1, -0.05) is 26.0 Å². The zero-order chi connectivity index (χ0) is 13.5. The van der Waals surface area contributed by atoms with Crippen LogP contribution in [0.15, 0.2) is 24.3 Å². The Morgan fingerprint density at radius 3 is 2.61 bits per heavy atom. The highest BCUT2D eigenvalue weighted by Crippen LogP contribution is 2.17. The second kappa shape index (κ2) is 7.01. The molecule has 1 aromatic rings. The number of aliphatic hydroxyl groups is 1. The number of aliphatic hydroxyl groups excluding tert-OH is 1. The molecule has 0 bridgehead atoms. The van der Waals surface area contributed by atoms with E-state index in [2.05, 4.69) is 19.2 Å². The number of benzene rings is 1. The van der Waals surface area contributed by atoms with Crippen molar-refractivity contribution in [1.29, 1.82) is 0 Å². The molecule has 0 aliphatic heterocycles. The molecule has 0 saturated carbocycles. The number of hydrogen-bond donors (Lipinski definition) is 2. The van der Waals surface area contributed by atoms with E-state index in [1.807, 2.05) is 6.07 Å². The van der Waals surface area contributed by atoms with E-state index in [0.717, 1.165) is 6.42 Å². The summed E-state index contributed by atoms with van der Waals surface area (Å²) >= 11 is 0. The Balaban J connectivity index is 2.74. The lowest BCUT2D eigenvalue weighted by molar-refractivity contribution is 0.0905. The second-order valence-corrected chi connectivity index (χ2v) is 4.68. The first-order chi connectivity index (χ1) is 8.58. The molecule has 0 radical (unpaired) electrons. The van der Waals surface area contributed by atoms with E-state index < -0.39 is 0 Å². The number of carbonyl (C=O) groups is 1. The molecule has 1 unspecified atom stereocenters. The molecule has 0 aliphatic rings. The van der Waals surface area contributed by atoms with Crippen molar-refractivity contribution in [3.05, 3.63) is 29.8 Å². The Kier molecular flexibility index (Phi) is 5.65. The van der Waals surface area contributed by atoms with Crippen molar-refractivity contribution in [2.45, 2.75) is 26.3 Å². The minimum Gasteiger partial charge on any atom is -0.496 e. The molecular formula is C14H21NO3. The van der Waals surface area contributed by atoms with Crippen LogP contribution in [-0.4, -0.2) is 30.8 Å². The van der Waals surface area contributed by atoms with Crippen LogP contribution in [0.5, 0.6) is 5.75 Å². The largest absolute Gasteiger partial charge is 0.496 e. The quantitative estimate of drug-likeness (QED) is 0.811. The molecule has 0 saturated heterocycles. The first-order valence-corrected chi connectivity index (χ1v) is 6.13. The van der Waals surface area contributed by atoms with Gasteiger partial charge in [-0.25, -0.2) is 0 Å². The average Bonchev–Trinajstić information content (AvgIpc) is 2.37. The number of ether oxygens (including phenoxy) is 1. The molecule has 4 nitrogen and oxygen atoms in total. The highest BCUT2D eigenvalue weighted by atomic mass is 16.5. The fraction of sp³-hybridized carbons (Fsp3) is 0.500. The number of rotatable bonds is 6. The molecule has 1 rings (SSSR count). The lowest BCUT2D eigenvalue weighted by Gasteiger charge is -2.19. The fourth-order valence-electron chi connectivity index (χ4n) is 1.84. The summed E-state index contributed by atoms with van der Waals surface area (Å²) in [6, 6.07) is 6.83. The van der Waals surface area contributed by atoms with Gasteiger partial charge < -0.3 is 15.2 Å². The van der Waals surface area contributed by atoms with Crippen LogP contribution in [-0.2, 0) is 0 Å². The van der Waals surface area contributed by atoms with Gasteiger partial charge in [0.25, 0.3) is 5.91 Å². The van der Waals surface area contributed by atoms with Crippen LogP contribution in [0.2, 0.25) is 0 Å². The van der Waals surface area contributed by atoms with Crippen LogP contribution in [0.25, 0.3) is 0 Å². The van der Waals surface area contributed by atoms with Crippen molar-refractivity contribution < 1.29 is 14.6 Å². The van der Waals surface area contributed by atoms with Crippen molar-refractivity contribution in [3.8, 4) is 5.75 Å².